The van der Waals surface area contributed by atoms with E-state index in [1.807, 2.05) is 12.1 Å². The van der Waals surface area contributed by atoms with E-state index in [9.17, 15) is 0 Å². The predicted molar refractivity (Wildman–Crippen MR) is 57.4 cm³/mol. The molecule has 2 atom stereocenters. The van der Waals surface area contributed by atoms with Crippen LogP contribution in [0.3, 0.4) is 0 Å². The maximum Gasteiger partial charge on any atom is 0.0931 e. The summed E-state index contributed by atoms with van der Waals surface area (Å²) in [6.45, 7) is 4.43. The van der Waals surface area contributed by atoms with Gasteiger partial charge in [-0.15, -0.1) is 11.3 Å². The van der Waals surface area contributed by atoms with Crippen LogP contribution < -0.4 is 5.32 Å². The Kier molecular flexibility index (Phi) is 4.19. The Morgan fingerprint density at radius 1 is 1.54 bits per heavy atom. The predicted octanol–water partition coefficient (Wildman–Crippen LogP) is 2.43. The first-order chi connectivity index (χ1) is 6.09. The van der Waals surface area contributed by atoms with Gasteiger partial charge in [-0.1, -0.05) is 11.6 Å². The lowest BCUT2D eigenvalue weighted by Crippen LogP contribution is -2.26. The first-order valence-corrected chi connectivity index (χ1v) is 5.45. The van der Waals surface area contributed by atoms with Crippen molar-refractivity contribution < 1.29 is 5.11 Å². The van der Waals surface area contributed by atoms with Gasteiger partial charge in [-0.05, 0) is 26.0 Å². The van der Waals surface area contributed by atoms with Crippen molar-refractivity contribution in [2.24, 2.45) is 0 Å². The maximum absolute atomic E-state index is 9.07. The van der Waals surface area contributed by atoms with Gasteiger partial charge < -0.3 is 10.4 Å². The van der Waals surface area contributed by atoms with E-state index >= 15 is 0 Å². The molecular weight excluding hydrogens is 206 g/mol. The third-order valence-corrected chi connectivity index (χ3v) is 3.15. The Bertz CT molecular complexity index is 262. The quantitative estimate of drug-likeness (QED) is 0.816. The maximum atomic E-state index is 9.07. The highest BCUT2D eigenvalue weighted by Crippen LogP contribution is 2.26. The van der Waals surface area contributed by atoms with Gasteiger partial charge in [0, 0.05) is 17.5 Å². The van der Waals surface area contributed by atoms with Gasteiger partial charge >= 0.3 is 0 Å². The first-order valence-electron chi connectivity index (χ1n) is 4.26. The Morgan fingerprint density at radius 3 is 2.69 bits per heavy atom. The summed E-state index contributed by atoms with van der Waals surface area (Å²) in [5.41, 5.74) is 0. The molecular formula is C9H14ClNOS. The molecule has 0 aliphatic rings. The Labute approximate surface area is 87.5 Å². The van der Waals surface area contributed by atoms with Gasteiger partial charge in [-0.3, -0.25) is 0 Å². The fraction of sp³-hybridized carbons (Fsp3) is 0.556. The van der Waals surface area contributed by atoms with Gasteiger partial charge in [0.05, 0.1) is 10.4 Å². The van der Waals surface area contributed by atoms with Gasteiger partial charge in [0.2, 0.25) is 0 Å². The summed E-state index contributed by atoms with van der Waals surface area (Å²) < 4.78 is 0.806. The second-order valence-electron chi connectivity index (χ2n) is 3.12. The van der Waals surface area contributed by atoms with Crippen molar-refractivity contribution in [1.82, 2.24) is 5.32 Å². The van der Waals surface area contributed by atoms with Crippen molar-refractivity contribution in [1.29, 1.82) is 0 Å². The largest absolute Gasteiger partial charge is 0.392 e. The molecule has 4 heteroatoms. The third kappa shape index (κ3) is 3.65. The van der Waals surface area contributed by atoms with Crippen LogP contribution in [0, 0.1) is 0 Å². The molecule has 2 N–H and O–H groups in total. The smallest absolute Gasteiger partial charge is 0.0931 e. The summed E-state index contributed by atoms with van der Waals surface area (Å²) in [6, 6.07) is 4.15. The standard InChI is InChI=1S/C9H14ClNOS/c1-6(12)5-11-7(2)8-3-4-9(10)13-8/h3-4,6-7,11-12H,5H2,1-2H3/t6-,7+/m0/s1. The Hall–Kier alpha value is -0.0900. The van der Waals surface area contributed by atoms with E-state index < -0.39 is 0 Å². The summed E-state index contributed by atoms with van der Waals surface area (Å²) in [7, 11) is 0. The second kappa shape index (κ2) is 4.96. The highest BCUT2D eigenvalue weighted by atomic mass is 35.5. The molecule has 0 aliphatic heterocycles. The minimum Gasteiger partial charge on any atom is -0.392 e. The molecule has 0 fully saturated rings. The molecule has 13 heavy (non-hydrogen) atoms. The van der Waals surface area contributed by atoms with Gasteiger partial charge in [-0.25, -0.2) is 0 Å². The number of aliphatic hydroxyl groups excluding tert-OH is 1. The number of aliphatic hydroxyl groups is 1. The molecule has 0 aliphatic carbocycles. The van der Waals surface area contributed by atoms with E-state index in [1.54, 1.807) is 18.3 Å². The number of rotatable bonds is 4. The molecule has 1 aromatic heterocycles. The molecule has 0 radical (unpaired) electrons. The van der Waals surface area contributed by atoms with E-state index in [0.29, 0.717) is 6.54 Å². The molecule has 0 unspecified atom stereocenters. The van der Waals surface area contributed by atoms with Crippen LogP contribution in [0.2, 0.25) is 4.34 Å². The second-order valence-corrected chi connectivity index (χ2v) is 4.87. The van der Waals surface area contributed by atoms with E-state index in [2.05, 4.69) is 12.2 Å². The molecule has 2 nitrogen and oxygen atoms in total. The number of nitrogens with one attached hydrogen (secondary N) is 1. The number of hydrogen-bond donors (Lipinski definition) is 2. The van der Waals surface area contributed by atoms with Crippen LogP contribution in [0.15, 0.2) is 12.1 Å². The van der Waals surface area contributed by atoms with E-state index in [1.165, 1.54) is 4.88 Å². The van der Waals surface area contributed by atoms with Crippen molar-refractivity contribution >= 4 is 22.9 Å². The van der Waals surface area contributed by atoms with Crippen LogP contribution in [0.1, 0.15) is 24.8 Å². The lowest BCUT2D eigenvalue weighted by molar-refractivity contribution is 0.187. The molecule has 1 aromatic rings. The summed E-state index contributed by atoms with van der Waals surface area (Å²) in [5.74, 6) is 0. The van der Waals surface area contributed by atoms with E-state index in [-0.39, 0.29) is 12.1 Å². The van der Waals surface area contributed by atoms with Crippen LogP contribution in [0.5, 0.6) is 0 Å². The van der Waals surface area contributed by atoms with Crippen LogP contribution in [0.25, 0.3) is 0 Å². The van der Waals surface area contributed by atoms with Crippen LogP contribution >= 0.6 is 22.9 Å². The highest BCUT2D eigenvalue weighted by molar-refractivity contribution is 7.16. The van der Waals surface area contributed by atoms with Crippen LogP contribution in [-0.2, 0) is 0 Å². The third-order valence-electron chi connectivity index (χ3n) is 1.74. The SMILES string of the molecule is C[C@H](O)CN[C@H](C)c1ccc(Cl)s1. The van der Waals surface area contributed by atoms with Gasteiger partial charge in [0.1, 0.15) is 0 Å². The van der Waals surface area contributed by atoms with E-state index in [0.717, 1.165) is 4.34 Å². The summed E-state index contributed by atoms with van der Waals surface area (Å²) in [4.78, 5) is 1.20. The lowest BCUT2D eigenvalue weighted by Gasteiger charge is -2.12. The Balaban J connectivity index is 2.44. The molecule has 0 spiro atoms. The Morgan fingerprint density at radius 2 is 2.23 bits per heavy atom. The molecule has 0 saturated heterocycles. The van der Waals surface area contributed by atoms with Crippen molar-refractivity contribution in [2.45, 2.75) is 26.0 Å². The average Bonchev–Trinajstić information content (AvgIpc) is 2.47. The van der Waals surface area contributed by atoms with Crippen molar-refractivity contribution in [3.05, 3.63) is 21.3 Å². The van der Waals surface area contributed by atoms with Gasteiger partial charge in [0.25, 0.3) is 0 Å². The number of halogens is 1. The lowest BCUT2D eigenvalue weighted by atomic mass is 10.2. The zero-order chi connectivity index (χ0) is 9.84. The minimum absolute atomic E-state index is 0.257. The van der Waals surface area contributed by atoms with Gasteiger partial charge in [-0.2, -0.15) is 0 Å². The van der Waals surface area contributed by atoms with E-state index in [4.69, 9.17) is 16.7 Å². The first kappa shape index (κ1) is 11.0. The van der Waals surface area contributed by atoms with Gasteiger partial charge in [0.15, 0.2) is 0 Å². The normalized spacial score (nSPS) is 15.7. The summed E-state index contributed by atoms with van der Waals surface area (Å²) in [6.07, 6.45) is -0.308. The number of hydrogen-bond acceptors (Lipinski definition) is 3. The highest BCUT2D eigenvalue weighted by Gasteiger charge is 2.07. The zero-order valence-corrected chi connectivity index (χ0v) is 9.32. The van der Waals surface area contributed by atoms with Crippen molar-refractivity contribution in [2.75, 3.05) is 6.54 Å². The van der Waals surface area contributed by atoms with Crippen LogP contribution in [0.4, 0.5) is 0 Å². The number of thiophene rings is 1. The fourth-order valence-corrected chi connectivity index (χ4v) is 2.10. The molecule has 0 bridgehead atoms. The molecule has 1 rings (SSSR count). The molecule has 1 heterocycles. The fourth-order valence-electron chi connectivity index (χ4n) is 1.01. The van der Waals surface area contributed by atoms with Crippen LogP contribution in [-0.4, -0.2) is 17.8 Å². The topological polar surface area (TPSA) is 32.3 Å². The molecule has 0 amide bonds. The van der Waals surface area contributed by atoms with Crippen molar-refractivity contribution in [3.63, 3.8) is 0 Å². The zero-order valence-electron chi connectivity index (χ0n) is 7.75. The monoisotopic (exact) mass is 219 g/mol. The van der Waals surface area contributed by atoms with Crippen molar-refractivity contribution in [3.8, 4) is 0 Å². The minimum atomic E-state index is -0.308. The molecule has 0 saturated carbocycles. The molecule has 74 valence electrons. The summed E-state index contributed by atoms with van der Waals surface area (Å²) >= 11 is 7.38. The average molecular weight is 220 g/mol. The summed E-state index contributed by atoms with van der Waals surface area (Å²) in [5, 5.41) is 12.3. The molecule has 0 aromatic carbocycles.